The molecule has 0 saturated heterocycles. The van der Waals surface area contributed by atoms with Gasteiger partial charge in [0.25, 0.3) is 5.91 Å². The second-order valence-electron chi connectivity index (χ2n) is 6.32. The smallest absolute Gasteiger partial charge is 0.338 e. The first-order valence-electron chi connectivity index (χ1n) is 9.18. The number of carbonyl (C=O) groups is 2. The SMILES string of the molecule is O=C(COC(=O)c1ccc2nccnc2c1)Nc1ccc(Oc2ccccc2)cc1. The van der Waals surface area contributed by atoms with Crippen LogP contribution in [0.2, 0.25) is 0 Å². The largest absolute Gasteiger partial charge is 0.457 e. The van der Waals surface area contributed by atoms with Crippen LogP contribution in [0.1, 0.15) is 10.4 Å². The van der Waals surface area contributed by atoms with E-state index in [2.05, 4.69) is 15.3 Å². The molecule has 1 amide bonds. The third-order valence-corrected chi connectivity index (χ3v) is 4.16. The summed E-state index contributed by atoms with van der Waals surface area (Å²) >= 11 is 0. The summed E-state index contributed by atoms with van der Waals surface area (Å²) in [6, 6.07) is 21.1. The summed E-state index contributed by atoms with van der Waals surface area (Å²) in [6.45, 7) is -0.403. The third kappa shape index (κ3) is 4.77. The van der Waals surface area contributed by atoms with Crippen molar-refractivity contribution in [2.24, 2.45) is 0 Å². The Balaban J connectivity index is 1.30. The quantitative estimate of drug-likeness (QED) is 0.488. The molecule has 1 aromatic heterocycles. The molecule has 4 rings (SSSR count). The zero-order chi connectivity index (χ0) is 20.8. The molecule has 7 heteroatoms. The van der Waals surface area contributed by atoms with Crippen LogP contribution < -0.4 is 10.1 Å². The van der Waals surface area contributed by atoms with Crippen LogP contribution in [0.5, 0.6) is 11.5 Å². The minimum atomic E-state index is -0.607. The second kappa shape index (κ2) is 8.83. The molecule has 0 spiro atoms. The number of carbonyl (C=O) groups excluding carboxylic acids is 2. The van der Waals surface area contributed by atoms with E-state index in [4.69, 9.17) is 9.47 Å². The Morgan fingerprint density at radius 2 is 1.50 bits per heavy atom. The van der Waals surface area contributed by atoms with Crippen molar-refractivity contribution in [3.8, 4) is 11.5 Å². The number of aromatic nitrogens is 2. The predicted octanol–water partition coefficient (Wildman–Crippen LogP) is 4.22. The van der Waals surface area contributed by atoms with Gasteiger partial charge in [-0.05, 0) is 54.6 Å². The maximum Gasteiger partial charge on any atom is 0.338 e. The van der Waals surface area contributed by atoms with Crippen molar-refractivity contribution < 1.29 is 19.1 Å². The molecular weight excluding hydrogens is 382 g/mol. The first-order chi connectivity index (χ1) is 14.7. The van der Waals surface area contributed by atoms with Crippen LogP contribution in [0.4, 0.5) is 5.69 Å². The van der Waals surface area contributed by atoms with Gasteiger partial charge in [0.2, 0.25) is 0 Å². The predicted molar refractivity (Wildman–Crippen MR) is 111 cm³/mol. The zero-order valence-corrected chi connectivity index (χ0v) is 15.8. The van der Waals surface area contributed by atoms with E-state index >= 15 is 0 Å². The molecule has 1 heterocycles. The molecule has 148 valence electrons. The molecular formula is C23H17N3O4. The topological polar surface area (TPSA) is 90.4 Å². The van der Waals surface area contributed by atoms with Crippen LogP contribution in [-0.4, -0.2) is 28.5 Å². The van der Waals surface area contributed by atoms with E-state index in [1.165, 1.54) is 0 Å². The van der Waals surface area contributed by atoms with Crippen molar-refractivity contribution in [2.45, 2.75) is 0 Å². The van der Waals surface area contributed by atoms with E-state index in [-0.39, 0.29) is 0 Å². The Labute approximate surface area is 172 Å². The fourth-order valence-electron chi connectivity index (χ4n) is 2.73. The Kier molecular flexibility index (Phi) is 5.61. The number of rotatable bonds is 6. The highest BCUT2D eigenvalue weighted by Gasteiger charge is 2.12. The van der Waals surface area contributed by atoms with E-state index in [9.17, 15) is 9.59 Å². The molecule has 0 aliphatic rings. The number of hydrogen-bond donors (Lipinski definition) is 1. The van der Waals surface area contributed by atoms with Gasteiger partial charge in [-0.25, -0.2) is 4.79 Å². The maximum absolute atomic E-state index is 12.2. The summed E-state index contributed by atoms with van der Waals surface area (Å²) in [6.07, 6.45) is 3.12. The van der Waals surface area contributed by atoms with Gasteiger partial charge >= 0.3 is 5.97 Å². The van der Waals surface area contributed by atoms with Gasteiger partial charge < -0.3 is 14.8 Å². The van der Waals surface area contributed by atoms with Crippen molar-refractivity contribution in [3.05, 3.63) is 90.8 Å². The van der Waals surface area contributed by atoms with Crippen LogP contribution in [0, 0.1) is 0 Å². The van der Waals surface area contributed by atoms with Gasteiger partial charge in [0.05, 0.1) is 16.6 Å². The number of hydrogen-bond acceptors (Lipinski definition) is 6. The lowest BCUT2D eigenvalue weighted by Gasteiger charge is -2.09. The number of para-hydroxylation sites is 1. The van der Waals surface area contributed by atoms with Crippen LogP contribution in [-0.2, 0) is 9.53 Å². The van der Waals surface area contributed by atoms with Crippen molar-refractivity contribution in [1.29, 1.82) is 0 Å². The molecule has 0 fully saturated rings. The number of esters is 1. The van der Waals surface area contributed by atoms with Crippen LogP contribution in [0.15, 0.2) is 85.2 Å². The van der Waals surface area contributed by atoms with Crippen LogP contribution in [0.25, 0.3) is 11.0 Å². The average molecular weight is 399 g/mol. The van der Waals surface area contributed by atoms with Gasteiger partial charge in [-0.1, -0.05) is 18.2 Å². The summed E-state index contributed by atoms with van der Waals surface area (Å²) in [5, 5.41) is 2.68. The number of fused-ring (bicyclic) bond motifs is 1. The Morgan fingerprint density at radius 1 is 0.800 bits per heavy atom. The van der Waals surface area contributed by atoms with E-state index in [1.807, 2.05) is 30.3 Å². The highest BCUT2D eigenvalue weighted by Crippen LogP contribution is 2.22. The monoisotopic (exact) mass is 399 g/mol. The minimum absolute atomic E-state index is 0.304. The van der Waals surface area contributed by atoms with E-state index in [0.29, 0.717) is 28.0 Å². The first kappa shape index (κ1) is 19.1. The molecule has 0 radical (unpaired) electrons. The second-order valence-corrected chi connectivity index (χ2v) is 6.32. The average Bonchev–Trinajstić information content (AvgIpc) is 2.79. The number of amides is 1. The van der Waals surface area contributed by atoms with E-state index in [0.717, 1.165) is 5.75 Å². The summed E-state index contributed by atoms with van der Waals surface area (Å²) in [5.74, 6) is 0.316. The number of benzene rings is 3. The maximum atomic E-state index is 12.2. The minimum Gasteiger partial charge on any atom is -0.457 e. The third-order valence-electron chi connectivity index (χ3n) is 4.16. The molecule has 3 aromatic carbocycles. The standard InChI is InChI=1S/C23H17N3O4/c27-22(15-29-23(28)16-6-11-20-21(14-16)25-13-12-24-20)26-17-7-9-19(10-8-17)30-18-4-2-1-3-5-18/h1-14H,15H2,(H,26,27). The first-order valence-corrected chi connectivity index (χ1v) is 9.18. The van der Waals surface area contributed by atoms with Gasteiger partial charge in [-0.2, -0.15) is 0 Å². The van der Waals surface area contributed by atoms with Gasteiger partial charge in [0, 0.05) is 18.1 Å². The lowest BCUT2D eigenvalue weighted by atomic mass is 10.2. The molecule has 0 aliphatic heterocycles. The molecule has 7 nitrogen and oxygen atoms in total. The van der Waals surface area contributed by atoms with Crippen molar-refractivity contribution in [3.63, 3.8) is 0 Å². The van der Waals surface area contributed by atoms with Gasteiger partial charge in [0.15, 0.2) is 6.61 Å². The van der Waals surface area contributed by atoms with Crippen molar-refractivity contribution >= 4 is 28.6 Å². The normalized spacial score (nSPS) is 10.4. The molecule has 0 atom stereocenters. The van der Waals surface area contributed by atoms with E-state index in [1.54, 1.807) is 54.9 Å². The highest BCUT2D eigenvalue weighted by molar-refractivity contribution is 5.97. The Morgan fingerprint density at radius 3 is 2.27 bits per heavy atom. The van der Waals surface area contributed by atoms with Crippen LogP contribution >= 0.6 is 0 Å². The molecule has 0 bridgehead atoms. The van der Waals surface area contributed by atoms with Gasteiger partial charge in [-0.3, -0.25) is 14.8 Å². The lowest BCUT2D eigenvalue weighted by Crippen LogP contribution is -2.20. The fraction of sp³-hybridized carbons (Fsp3) is 0.0435. The molecule has 0 saturated carbocycles. The van der Waals surface area contributed by atoms with Crippen LogP contribution in [0.3, 0.4) is 0 Å². The summed E-state index contributed by atoms with van der Waals surface area (Å²) in [4.78, 5) is 32.6. The number of nitrogens with one attached hydrogen (secondary N) is 1. The molecule has 1 N–H and O–H groups in total. The van der Waals surface area contributed by atoms with Crippen molar-refractivity contribution in [2.75, 3.05) is 11.9 Å². The number of anilines is 1. The molecule has 0 unspecified atom stereocenters. The van der Waals surface area contributed by atoms with E-state index < -0.39 is 18.5 Å². The summed E-state index contributed by atoms with van der Waals surface area (Å²) < 4.78 is 10.8. The zero-order valence-electron chi connectivity index (χ0n) is 15.8. The summed E-state index contributed by atoms with van der Waals surface area (Å²) in [7, 11) is 0. The number of nitrogens with zero attached hydrogens (tertiary/aromatic N) is 2. The lowest BCUT2D eigenvalue weighted by molar-refractivity contribution is -0.119. The van der Waals surface area contributed by atoms with Crippen molar-refractivity contribution in [1.82, 2.24) is 9.97 Å². The van der Waals surface area contributed by atoms with Gasteiger partial charge in [0.1, 0.15) is 11.5 Å². The Bertz CT molecular complexity index is 1180. The molecule has 4 aromatic rings. The summed E-state index contributed by atoms with van der Waals surface area (Å²) in [5.41, 5.74) is 2.12. The van der Waals surface area contributed by atoms with Gasteiger partial charge in [-0.15, -0.1) is 0 Å². The molecule has 30 heavy (non-hydrogen) atoms. The molecule has 0 aliphatic carbocycles. The Hall–Kier alpha value is -4.26. The highest BCUT2D eigenvalue weighted by atomic mass is 16.5. The fourth-order valence-corrected chi connectivity index (χ4v) is 2.73. The number of ether oxygens (including phenoxy) is 2.